The van der Waals surface area contributed by atoms with Crippen molar-refractivity contribution < 1.29 is 4.79 Å². The largest absolute Gasteiger partial charge is 0.338 e. The van der Waals surface area contributed by atoms with Gasteiger partial charge < -0.3 is 10.2 Å². The third-order valence-corrected chi connectivity index (χ3v) is 5.61. The first-order chi connectivity index (χ1) is 9.59. The molecule has 3 atom stereocenters. The van der Waals surface area contributed by atoms with Gasteiger partial charge in [0.25, 0.3) is 0 Å². The quantitative estimate of drug-likeness (QED) is 0.904. The molecular weight excluding hydrogens is 268 g/mol. The minimum Gasteiger partial charge on any atom is -0.338 e. The van der Waals surface area contributed by atoms with Gasteiger partial charge in [0.2, 0.25) is 5.91 Å². The van der Waals surface area contributed by atoms with Crippen LogP contribution in [0.15, 0.2) is 17.5 Å². The highest BCUT2D eigenvalue weighted by molar-refractivity contribution is 7.10. The zero-order chi connectivity index (χ0) is 14.5. The molecule has 1 N–H and O–H groups in total. The summed E-state index contributed by atoms with van der Waals surface area (Å²) in [6.45, 7) is 6.53. The number of hydrogen-bond donors (Lipinski definition) is 1. The Morgan fingerprint density at radius 3 is 2.95 bits per heavy atom. The Labute approximate surface area is 126 Å². The fraction of sp³-hybridized carbons (Fsp3) is 0.688. The molecule has 0 spiro atoms. The van der Waals surface area contributed by atoms with Gasteiger partial charge in [-0.05, 0) is 56.1 Å². The normalized spacial score (nSPS) is 22.2. The van der Waals surface area contributed by atoms with Gasteiger partial charge in [0.05, 0.1) is 6.04 Å². The highest BCUT2D eigenvalue weighted by Gasteiger charge is 2.25. The molecular formula is C16H26N2OS. The lowest BCUT2D eigenvalue weighted by Crippen LogP contribution is -2.36. The maximum absolute atomic E-state index is 12.4. The summed E-state index contributed by atoms with van der Waals surface area (Å²) in [5, 5.41) is 5.51. The van der Waals surface area contributed by atoms with Crippen LogP contribution in [0, 0.1) is 11.8 Å². The van der Waals surface area contributed by atoms with Crippen LogP contribution >= 0.6 is 11.3 Å². The monoisotopic (exact) mass is 294 g/mol. The Bertz CT molecular complexity index is 412. The Balaban J connectivity index is 1.87. The summed E-state index contributed by atoms with van der Waals surface area (Å²) in [5.41, 5.74) is 0. The van der Waals surface area contributed by atoms with Crippen molar-refractivity contribution in [2.75, 3.05) is 20.1 Å². The van der Waals surface area contributed by atoms with Crippen molar-refractivity contribution in [1.82, 2.24) is 10.2 Å². The van der Waals surface area contributed by atoms with E-state index in [1.165, 1.54) is 17.7 Å². The minimum absolute atomic E-state index is 0.180. The van der Waals surface area contributed by atoms with Crippen molar-refractivity contribution in [3.05, 3.63) is 22.4 Å². The Morgan fingerprint density at radius 2 is 2.35 bits per heavy atom. The summed E-state index contributed by atoms with van der Waals surface area (Å²) >= 11 is 1.72. The molecule has 3 nitrogen and oxygen atoms in total. The fourth-order valence-electron chi connectivity index (χ4n) is 2.89. The molecule has 1 saturated heterocycles. The van der Waals surface area contributed by atoms with Gasteiger partial charge in [-0.25, -0.2) is 0 Å². The second-order valence-electron chi connectivity index (χ2n) is 5.98. The van der Waals surface area contributed by atoms with Gasteiger partial charge in [-0.2, -0.15) is 0 Å². The molecule has 1 fully saturated rings. The zero-order valence-corrected chi connectivity index (χ0v) is 13.6. The highest BCUT2D eigenvalue weighted by atomic mass is 32.1. The average molecular weight is 294 g/mol. The van der Waals surface area contributed by atoms with Crippen molar-refractivity contribution >= 4 is 17.2 Å². The first kappa shape index (κ1) is 15.5. The van der Waals surface area contributed by atoms with Crippen LogP contribution in [0.2, 0.25) is 0 Å². The summed E-state index contributed by atoms with van der Waals surface area (Å²) in [7, 11) is 1.93. The second-order valence-corrected chi connectivity index (χ2v) is 6.96. The van der Waals surface area contributed by atoms with E-state index in [9.17, 15) is 4.79 Å². The van der Waals surface area contributed by atoms with Gasteiger partial charge in [0.1, 0.15) is 0 Å². The molecule has 0 radical (unpaired) electrons. The number of carbonyl (C=O) groups is 1. The molecule has 112 valence electrons. The van der Waals surface area contributed by atoms with E-state index in [0.29, 0.717) is 18.3 Å². The molecule has 4 heteroatoms. The van der Waals surface area contributed by atoms with Gasteiger partial charge in [-0.1, -0.05) is 13.0 Å². The van der Waals surface area contributed by atoms with Crippen molar-refractivity contribution in [3.8, 4) is 0 Å². The fourth-order valence-corrected chi connectivity index (χ4v) is 3.71. The highest BCUT2D eigenvalue weighted by Crippen LogP contribution is 2.27. The van der Waals surface area contributed by atoms with Crippen LogP contribution in [0.4, 0.5) is 0 Å². The Hall–Kier alpha value is -0.870. The lowest BCUT2D eigenvalue weighted by Gasteiger charge is -2.30. The number of piperidine rings is 1. The van der Waals surface area contributed by atoms with Crippen LogP contribution < -0.4 is 5.32 Å². The molecule has 1 aliphatic heterocycles. The van der Waals surface area contributed by atoms with Crippen LogP contribution in [0.1, 0.15) is 44.0 Å². The van der Waals surface area contributed by atoms with Crippen LogP contribution in [-0.4, -0.2) is 30.9 Å². The van der Waals surface area contributed by atoms with E-state index >= 15 is 0 Å². The number of hydrogen-bond acceptors (Lipinski definition) is 3. The Kier molecular flexibility index (Phi) is 5.61. The standard InChI is InChI=1S/C16H26N2OS/c1-12(14-6-4-8-17-11-14)10-16(19)18(3)13(2)15-7-5-9-20-15/h5,7,9,12-14,17H,4,6,8,10-11H2,1-3H3. The zero-order valence-electron chi connectivity index (χ0n) is 12.8. The van der Waals surface area contributed by atoms with Crippen molar-refractivity contribution in [2.45, 2.75) is 39.2 Å². The molecule has 0 aliphatic carbocycles. The molecule has 1 aromatic rings. The maximum Gasteiger partial charge on any atom is 0.223 e. The van der Waals surface area contributed by atoms with Gasteiger partial charge in [-0.3, -0.25) is 4.79 Å². The summed E-state index contributed by atoms with van der Waals surface area (Å²) in [4.78, 5) is 15.6. The summed E-state index contributed by atoms with van der Waals surface area (Å²) in [6.07, 6.45) is 3.16. The molecule has 1 aliphatic rings. The van der Waals surface area contributed by atoms with E-state index in [1.807, 2.05) is 18.0 Å². The van der Waals surface area contributed by atoms with E-state index < -0.39 is 0 Å². The van der Waals surface area contributed by atoms with E-state index in [4.69, 9.17) is 0 Å². The Morgan fingerprint density at radius 1 is 1.55 bits per heavy atom. The molecule has 20 heavy (non-hydrogen) atoms. The van der Waals surface area contributed by atoms with E-state index in [2.05, 4.69) is 30.6 Å². The first-order valence-electron chi connectivity index (χ1n) is 7.59. The number of nitrogens with one attached hydrogen (secondary N) is 1. The van der Waals surface area contributed by atoms with Gasteiger partial charge >= 0.3 is 0 Å². The summed E-state index contributed by atoms with van der Waals surface area (Å²) in [5.74, 6) is 1.38. The van der Waals surface area contributed by atoms with E-state index in [1.54, 1.807) is 11.3 Å². The molecule has 1 aromatic heterocycles. The summed E-state index contributed by atoms with van der Waals surface area (Å²) in [6, 6.07) is 4.33. The molecule has 0 saturated carbocycles. The van der Waals surface area contributed by atoms with Gasteiger partial charge in [0.15, 0.2) is 0 Å². The third kappa shape index (κ3) is 3.83. The maximum atomic E-state index is 12.4. The van der Waals surface area contributed by atoms with Crippen LogP contribution in [0.3, 0.4) is 0 Å². The second kappa shape index (κ2) is 7.23. The lowest BCUT2D eigenvalue weighted by molar-refractivity contribution is -0.133. The predicted octanol–water partition coefficient (Wildman–Crippen LogP) is 3.29. The van der Waals surface area contributed by atoms with Crippen molar-refractivity contribution in [3.63, 3.8) is 0 Å². The smallest absolute Gasteiger partial charge is 0.223 e. The lowest BCUT2D eigenvalue weighted by atomic mass is 9.85. The SMILES string of the molecule is CC(CC(=O)N(C)C(C)c1cccs1)C1CCCNC1. The number of amides is 1. The topological polar surface area (TPSA) is 32.3 Å². The molecule has 3 unspecified atom stereocenters. The molecule has 1 amide bonds. The number of nitrogens with zero attached hydrogens (tertiary/aromatic N) is 1. The van der Waals surface area contributed by atoms with Crippen molar-refractivity contribution in [2.24, 2.45) is 11.8 Å². The van der Waals surface area contributed by atoms with Crippen molar-refractivity contribution in [1.29, 1.82) is 0 Å². The molecule has 2 heterocycles. The molecule has 2 rings (SSSR count). The number of rotatable bonds is 5. The molecule has 0 bridgehead atoms. The van der Waals surface area contributed by atoms with E-state index in [0.717, 1.165) is 13.1 Å². The van der Waals surface area contributed by atoms with Crippen LogP contribution in [0.5, 0.6) is 0 Å². The van der Waals surface area contributed by atoms with Gasteiger partial charge in [0, 0.05) is 18.3 Å². The summed E-state index contributed by atoms with van der Waals surface area (Å²) < 4.78 is 0. The molecule has 0 aromatic carbocycles. The van der Waals surface area contributed by atoms with E-state index in [-0.39, 0.29) is 11.9 Å². The first-order valence-corrected chi connectivity index (χ1v) is 8.47. The average Bonchev–Trinajstić information content (AvgIpc) is 3.00. The van der Waals surface area contributed by atoms with Gasteiger partial charge in [-0.15, -0.1) is 11.3 Å². The minimum atomic E-state index is 0.180. The number of carbonyl (C=O) groups excluding carboxylic acids is 1. The predicted molar refractivity (Wildman–Crippen MR) is 84.9 cm³/mol. The van der Waals surface area contributed by atoms with Crippen LogP contribution in [-0.2, 0) is 4.79 Å². The van der Waals surface area contributed by atoms with Crippen LogP contribution in [0.25, 0.3) is 0 Å². The third-order valence-electron chi connectivity index (χ3n) is 4.57. The number of thiophene rings is 1.